The van der Waals surface area contributed by atoms with Crippen LogP contribution in [0.1, 0.15) is 30.6 Å². The molecule has 82 valence electrons. The van der Waals surface area contributed by atoms with Gasteiger partial charge in [-0.25, -0.2) is 0 Å². The molecule has 0 bridgehead atoms. The highest BCUT2D eigenvalue weighted by molar-refractivity contribution is 6.42. The first-order chi connectivity index (χ1) is 7.04. The summed E-state index contributed by atoms with van der Waals surface area (Å²) in [7, 11) is 0. The predicted molar refractivity (Wildman–Crippen MR) is 63.7 cm³/mol. The minimum Gasteiger partial charge on any atom is -0.350 e. The van der Waals surface area contributed by atoms with E-state index >= 15 is 0 Å². The first-order valence-electron chi connectivity index (χ1n) is 4.80. The molecular formula is C11H13Cl2NO. The first kappa shape index (κ1) is 12.3. The Morgan fingerprint density at radius 1 is 1.40 bits per heavy atom. The van der Waals surface area contributed by atoms with Gasteiger partial charge in [0.05, 0.1) is 10.0 Å². The fourth-order valence-corrected chi connectivity index (χ4v) is 1.34. The van der Waals surface area contributed by atoms with Gasteiger partial charge in [-0.05, 0) is 31.5 Å². The van der Waals surface area contributed by atoms with Crippen LogP contribution in [0, 0.1) is 0 Å². The Hall–Kier alpha value is -0.730. The number of nitrogens with one attached hydrogen (secondary N) is 1. The van der Waals surface area contributed by atoms with Gasteiger partial charge >= 0.3 is 0 Å². The lowest BCUT2D eigenvalue weighted by atomic mass is 10.2. The summed E-state index contributed by atoms with van der Waals surface area (Å²) in [4.78, 5) is 11.7. The maximum Gasteiger partial charge on any atom is 0.251 e. The SMILES string of the molecule is CC[C@@H](C)NC(=O)c1ccc(Cl)c(Cl)c1. The molecular weight excluding hydrogens is 233 g/mol. The maximum atomic E-state index is 11.7. The lowest BCUT2D eigenvalue weighted by molar-refractivity contribution is 0.0939. The summed E-state index contributed by atoms with van der Waals surface area (Å²) in [5.74, 6) is -0.122. The molecule has 0 fully saturated rings. The van der Waals surface area contributed by atoms with Crippen LogP contribution in [0.2, 0.25) is 10.0 Å². The van der Waals surface area contributed by atoms with Crippen molar-refractivity contribution in [3.05, 3.63) is 33.8 Å². The van der Waals surface area contributed by atoms with E-state index < -0.39 is 0 Å². The van der Waals surface area contributed by atoms with Gasteiger partial charge in [0.2, 0.25) is 0 Å². The highest BCUT2D eigenvalue weighted by atomic mass is 35.5. The van der Waals surface area contributed by atoms with Crippen molar-refractivity contribution in [2.24, 2.45) is 0 Å². The van der Waals surface area contributed by atoms with E-state index in [9.17, 15) is 4.79 Å². The van der Waals surface area contributed by atoms with Crippen molar-refractivity contribution in [1.29, 1.82) is 0 Å². The largest absolute Gasteiger partial charge is 0.350 e. The van der Waals surface area contributed by atoms with E-state index in [1.165, 1.54) is 0 Å². The van der Waals surface area contributed by atoms with Crippen LogP contribution in [0.25, 0.3) is 0 Å². The molecule has 0 heterocycles. The minimum absolute atomic E-state index is 0.122. The number of amides is 1. The first-order valence-corrected chi connectivity index (χ1v) is 5.56. The number of carbonyl (C=O) groups excluding carboxylic acids is 1. The second kappa shape index (κ2) is 5.38. The molecule has 0 saturated carbocycles. The van der Waals surface area contributed by atoms with E-state index in [2.05, 4.69) is 5.32 Å². The van der Waals surface area contributed by atoms with Crippen LogP contribution in [0.5, 0.6) is 0 Å². The Morgan fingerprint density at radius 2 is 2.07 bits per heavy atom. The van der Waals surface area contributed by atoms with Crippen LogP contribution in [-0.2, 0) is 0 Å². The summed E-state index contributed by atoms with van der Waals surface area (Å²) in [5.41, 5.74) is 0.532. The molecule has 15 heavy (non-hydrogen) atoms. The van der Waals surface area contributed by atoms with Gasteiger partial charge in [0.1, 0.15) is 0 Å². The molecule has 0 spiro atoms. The van der Waals surface area contributed by atoms with Crippen molar-refractivity contribution in [3.63, 3.8) is 0 Å². The molecule has 1 atom stereocenters. The molecule has 4 heteroatoms. The molecule has 0 aliphatic heterocycles. The Balaban J connectivity index is 2.78. The molecule has 0 saturated heterocycles. The normalized spacial score (nSPS) is 12.3. The Kier molecular flexibility index (Phi) is 4.43. The van der Waals surface area contributed by atoms with Gasteiger partial charge < -0.3 is 5.32 Å². The smallest absolute Gasteiger partial charge is 0.251 e. The van der Waals surface area contributed by atoms with Crippen LogP contribution in [0.4, 0.5) is 0 Å². The standard InChI is InChI=1S/C11H13Cl2NO/c1-3-7(2)14-11(15)8-4-5-9(12)10(13)6-8/h4-7H,3H2,1-2H3,(H,14,15)/t7-/m1/s1. The molecule has 1 amide bonds. The highest BCUT2D eigenvalue weighted by Crippen LogP contribution is 2.22. The van der Waals surface area contributed by atoms with E-state index in [-0.39, 0.29) is 11.9 Å². The van der Waals surface area contributed by atoms with Crippen molar-refractivity contribution in [2.45, 2.75) is 26.3 Å². The van der Waals surface area contributed by atoms with Crippen molar-refractivity contribution >= 4 is 29.1 Å². The van der Waals surface area contributed by atoms with Crippen LogP contribution in [-0.4, -0.2) is 11.9 Å². The molecule has 0 aliphatic carbocycles. The fraction of sp³-hybridized carbons (Fsp3) is 0.364. The number of hydrogen-bond donors (Lipinski definition) is 1. The van der Waals surface area contributed by atoms with E-state index in [4.69, 9.17) is 23.2 Å². The number of rotatable bonds is 3. The van der Waals surface area contributed by atoms with Crippen molar-refractivity contribution < 1.29 is 4.79 Å². The second-order valence-electron chi connectivity index (χ2n) is 3.41. The van der Waals surface area contributed by atoms with Gasteiger partial charge in [-0.3, -0.25) is 4.79 Å². The average molecular weight is 246 g/mol. The third-order valence-corrected chi connectivity index (χ3v) is 2.91. The molecule has 1 aromatic carbocycles. The van der Waals surface area contributed by atoms with E-state index in [1.54, 1.807) is 18.2 Å². The van der Waals surface area contributed by atoms with Crippen molar-refractivity contribution in [1.82, 2.24) is 5.32 Å². The zero-order valence-corrected chi connectivity index (χ0v) is 10.2. The summed E-state index contributed by atoms with van der Waals surface area (Å²) in [5, 5.41) is 3.70. The lowest BCUT2D eigenvalue weighted by Gasteiger charge is -2.11. The number of hydrogen-bond acceptors (Lipinski definition) is 1. The number of benzene rings is 1. The quantitative estimate of drug-likeness (QED) is 0.868. The zero-order chi connectivity index (χ0) is 11.4. The third-order valence-electron chi connectivity index (χ3n) is 2.17. The highest BCUT2D eigenvalue weighted by Gasteiger charge is 2.09. The molecule has 1 N–H and O–H groups in total. The average Bonchev–Trinajstić information content (AvgIpc) is 2.21. The van der Waals surface area contributed by atoms with Gasteiger partial charge in [-0.15, -0.1) is 0 Å². The molecule has 0 unspecified atom stereocenters. The third kappa shape index (κ3) is 3.40. The summed E-state index contributed by atoms with van der Waals surface area (Å²) < 4.78 is 0. The molecule has 2 nitrogen and oxygen atoms in total. The summed E-state index contributed by atoms with van der Waals surface area (Å²) >= 11 is 11.6. The van der Waals surface area contributed by atoms with E-state index in [0.29, 0.717) is 15.6 Å². The van der Waals surface area contributed by atoms with Gasteiger partial charge in [-0.1, -0.05) is 30.1 Å². The van der Waals surface area contributed by atoms with Gasteiger partial charge in [0.15, 0.2) is 0 Å². The zero-order valence-electron chi connectivity index (χ0n) is 8.68. The number of halogens is 2. The van der Waals surface area contributed by atoms with E-state index in [1.807, 2.05) is 13.8 Å². The summed E-state index contributed by atoms with van der Waals surface area (Å²) in [6.07, 6.45) is 0.896. The van der Waals surface area contributed by atoms with Gasteiger partial charge in [0, 0.05) is 11.6 Å². The predicted octanol–water partition coefficient (Wildman–Crippen LogP) is 3.52. The maximum absolute atomic E-state index is 11.7. The van der Waals surface area contributed by atoms with E-state index in [0.717, 1.165) is 6.42 Å². The number of carbonyl (C=O) groups is 1. The minimum atomic E-state index is -0.122. The Bertz CT molecular complexity index is 366. The monoisotopic (exact) mass is 245 g/mol. The molecule has 0 aliphatic rings. The molecule has 0 radical (unpaired) electrons. The summed E-state index contributed by atoms with van der Waals surface area (Å²) in [6.45, 7) is 3.97. The van der Waals surface area contributed by atoms with Crippen LogP contribution in [0.15, 0.2) is 18.2 Å². The summed E-state index contributed by atoms with van der Waals surface area (Å²) in [6, 6.07) is 5.01. The van der Waals surface area contributed by atoms with Crippen LogP contribution in [0.3, 0.4) is 0 Å². The van der Waals surface area contributed by atoms with Crippen molar-refractivity contribution in [2.75, 3.05) is 0 Å². The molecule has 0 aromatic heterocycles. The van der Waals surface area contributed by atoms with Gasteiger partial charge in [-0.2, -0.15) is 0 Å². The van der Waals surface area contributed by atoms with Crippen LogP contribution < -0.4 is 5.32 Å². The Morgan fingerprint density at radius 3 is 2.60 bits per heavy atom. The molecule has 1 aromatic rings. The fourth-order valence-electron chi connectivity index (χ4n) is 1.05. The topological polar surface area (TPSA) is 29.1 Å². The van der Waals surface area contributed by atoms with Gasteiger partial charge in [0.25, 0.3) is 5.91 Å². The lowest BCUT2D eigenvalue weighted by Crippen LogP contribution is -2.31. The Labute approximate surface area is 99.6 Å². The van der Waals surface area contributed by atoms with Crippen LogP contribution >= 0.6 is 23.2 Å². The second-order valence-corrected chi connectivity index (χ2v) is 4.23. The van der Waals surface area contributed by atoms with Crippen molar-refractivity contribution in [3.8, 4) is 0 Å². The molecule has 1 rings (SSSR count).